The number of nitrogens with zero attached hydrogens (tertiary/aromatic N) is 2. The molecule has 0 saturated heterocycles. The van der Waals surface area contributed by atoms with Crippen LogP contribution in [0.4, 0.5) is 6.01 Å². The Balaban J connectivity index is 1.40. The topological polar surface area (TPSA) is 98.2 Å². The van der Waals surface area contributed by atoms with Gasteiger partial charge < -0.3 is 8.83 Å². The molecule has 2 aromatic carbocycles. The lowest BCUT2D eigenvalue weighted by Gasteiger charge is -2.15. The molecule has 4 aromatic rings. The SMILES string of the molecule is O=C(Nc1nnc(-c2ccc3c(c2)CCCC3)o1)c1coc2ccccc2c1=O. The number of aryl methyl sites for hydroxylation is 2. The highest BCUT2D eigenvalue weighted by molar-refractivity contribution is 6.04. The minimum absolute atomic E-state index is 0.0738. The van der Waals surface area contributed by atoms with Gasteiger partial charge in [-0.2, -0.15) is 0 Å². The highest BCUT2D eigenvalue weighted by Crippen LogP contribution is 2.27. The maximum Gasteiger partial charge on any atom is 0.322 e. The zero-order valence-electron chi connectivity index (χ0n) is 15.5. The summed E-state index contributed by atoms with van der Waals surface area (Å²) < 4.78 is 11.0. The molecule has 1 aliphatic carbocycles. The lowest BCUT2D eigenvalue weighted by Crippen LogP contribution is -2.21. The first-order valence-corrected chi connectivity index (χ1v) is 9.46. The van der Waals surface area contributed by atoms with Gasteiger partial charge in [-0.25, -0.2) is 0 Å². The summed E-state index contributed by atoms with van der Waals surface area (Å²) in [4.78, 5) is 25.1. The van der Waals surface area contributed by atoms with E-state index in [9.17, 15) is 9.59 Å². The molecule has 0 fully saturated rings. The number of carbonyl (C=O) groups is 1. The quantitative estimate of drug-likeness (QED) is 0.571. The van der Waals surface area contributed by atoms with Crippen molar-refractivity contribution in [2.75, 3.05) is 5.32 Å². The average molecular weight is 387 g/mol. The van der Waals surface area contributed by atoms with Gasteiger partial charge in [0.2, 0.25) is 11.3 Å². The van der Waals surface area contributed by atoms with Crippen LogP contribution in [0.3, 0.4) is 0 Å². The molecule has 1 amide bonds. The molecular weight excluding hydrogens is 370 g/mol. The predicted octanol–water partition coefficient (Wildman–Crippen LogP) is 3.97. The van der Waals surface area contributed by atoms with Crippen molar-refractivity contribution in [1.82, 2.24) is 10.2 Å². The van der Waals surface area contributed by atoms with Crippen molar-refractivity contribution < 1.29 is 13.6 Å². The molecule has 0 bridgehead atoms. The van der Waals surface area contributed by atoms with E-state index in [1.165, 1.54) is 24.0 Å². The summed E-state index contributed by atoms with van der Waals surface area (Å²) in [5.41, 5.74) is 3.34. The van der Waals surface area contributed by atoms with Crippen molar-refractivity contribution in [2.45, 2.75) is 25.7 Å². The van der Waals surface area contributed by atoms with Gasteiger partial charge in [-0.05, 0) is 61.1 Å². The Hall–Kier alpha value is -3.74. The smallest absolute Gasteiger partial charge is 0.322 e. The van der Waals surface area contributed by atoms with E-state index in [0.717, 1.165) is 24.7 Å². The van der Waals surface area contributed by atoms with E-state index < -0.39 is 11.3 Å². The van der Waals surface area contributed by atoms with E-state index in [1.807, 2.05) is 6.07 Å². The molecule has 144 valence electrons. The molecule has 7 heteroatoms. The van der Waals surface area contributed by atoms with Crippen LogP contribution in [0.25, 0.3) is 22.4 Å². The predicted molar refractivity (Wildman–Crippen MR) is 107 cm³/mol. The molecule has 1 aliphatic rings. The number of para-hydroxylation sites is 1. The zero-order chi connectivity index (χ0) is 19.8. The number of benzene rings is 2. The van der Waals surface area contributed by atoms with Crippen LogP contribution in [0.15, 0.2) is 62.4 Å². The number of aromatic nitrogens is 2. The fourth-order valence-corrected chi connectivity index (χ4v) is 3.66. The van der Waals surface area contributed by atoms with Gasteiger partial charge in [-0.3, -0.25) is 14.9 Å². The summed E-state index contributed by atoms with van der Waals surface area (Å²) in [6.07, 6.45) is 5.66. The van der Waals surface area contributed by atoms with Crippen LogP contribution >= 0.6 is 0 Å². The molecule has 0 radical (unpaired) electrons. The number of carbonyl (C=O) groups excluding carboxylic acids is 1. The summed E-state index contributed by atoms with van der Waals surface area (Å²) in [7, 11) is 0. The number of rotatable bonds is 3. The highest BCUT2D eigenvalue weighted by atomic mass is 16.4. The maximum atomic E-state index is 12.5. The third-order valence-corrected chi connectivity index (χ3v) is 5.17. The Morgan fingerprint density at radius 3 is 2.72 bits per heavy atom. The Kier molecular flexibility index (Phi) is 4.20. The minimum atomic E-state index is -0.662. The molecular formula is C22H17N3O4. The van der Waals surface area contributed by atoms with Crippen molar-refractivity contribution in [3.63, 3.8) is 0 Å². The number of hydrogen-bond acceptors (Lipinski definition) is 6. The average Bonchev–Trinajstić information content (AvgIpc) is 3.22. The number of amides is 1. The van der Waals surface area contributed by atoms with Gasteiger partial charge in [0.15, 0.2) is 0 Å². The first-order chi connectivity index (χ1) is 14.2. The summed E-state index contributed by atoms with van der Waals surface area (Å²) >= 11 is 0. The molecule has 29 heavy (non-hydrogen) atoms. The zero-order valence-corrected chi connectivity index (χ0v) is 15.5. The van der Waals surface area contributed by atoms with Gasteiger partial charge >= 0.3 is 6.01 Å². The third-order valence-electron chi connectivity index (χ3n) is 5.17. The number of anilines is 1. The van der Waals surface area contributed by atoms with Gasteiger partial charge in [0.1, 0.15) is 17.4 Å². The van der Waals surface area contributed by atoms with E-state index in [4.69, 9.17) is 8.83 Å². The van der Waals surface area contributed by atoms with E-state index in [1.54, 1.807) is 24.3 Å². The van der Waals surface area contributed by atoms with Crippen LogP contribution in [0.1, 0.15) is 34.3 Å². The maximum absolute atomic E-state index is 12.5. The summed E-state index contributed by atoms with van der Waals surface area (Å²) in [5.74, 6) is -0.343. The molecule has 2 aromatic heterocycles. The monoisotopic (exact) mass is 387 g/mol. The van der Waals surface area contributed by atoms with Crippen molar-refractivity contribution in [3.8, 4) is 11.5 Å². The van der Waals surface area contributed by atoms with Crippen LogP contribution in [-0.4, -0.2) is 16.1 Å². The second kappa shape index (κ2) is 7.01. The van der Waals surface area contributed by atoms with E-state index >= 15 is 0 Å². The van der Waals surface area contributed by atoms with Crippen LogP contribution < -0.4 is 10.7 Å². The van der Waals surface area contributed by atoms with E-state index in [-0.39, 0.29) is 11.6 Å². The van der Waals surface area contributed by atoms with E-state index in [2.05, 4.69) is 27.6 Å². The van der Waals surface area contributed by atoms with Crippen molar-refractivity contribution in [1.29, 1.82) is 0 Å². The molecule has 7 nitrogen and oxygen atoms in total. The van der Waals surface area contributed by atoms with Crippen molar-refractivity contribution >= 4 is 22.9 Å². The van der Waals surface area contributed by atoms with E-state index in [0.29, 0.717) is 16.9 Å². The standard InChI is InChI=1S/C22H17N3O4/c26-19-16-7-3-4-8-18(16)28-12-17(19)20(27)23-22-25-24-21(29-22)15-10-9-13-5-1-2-6-14(13)11-15/h3-4,7-12H,1-2,5-6H2,(H,23,25,27). The van der Waals surface area contributed by atoms with Gasteiger partial charge in [0, 0.05) is 5.56 Å². The number of nitrogens with one attached hydrogen (secondary N) is 1. The Morgan fingerprint density at radius 2 is 1.83 bits per heavy atom. The second-order valence-electron chi connectivity index (χ2n) is 7.03. The normalized spacial score (nSPS) is 13.2. The molecule has 0 unspecified atom stereocenters. The minimum Gasteiger partial charge on any atom is -0.463 e. The van der Waals surface area contributed by atoms with Crippen molar-refractivity contribution in [3.05, 3.63) is 75.6 Å². The summed E-state index contributed by atoms with van der Waals surface area (Å²) in [6.45, 7) is 0. The van der Waals surface area contributed by atoms with Crippen LogP contribution in [-0.2, 0) is 12.8 Å². The number of hydrogen-bond donors (Lipinski definition) is 1. The Morgan fingerprint density at radius 1 is 1.00 bits per heavy atom. The van der Waals surface area contributed by atoms with Gasteiger partial charge in [0.25, 0.3) is 5.91 Å². The molecule has 0 aliphatic heterocycles. The van der Waals surface area contributed by atoms with Gasteiger partial charge in [0.05, 0.1) is 5.39 Å². The first kappa shape index (κ1) is 17.4. The largest absolute Gasteiger partial charge is 0.463 e. The van der Waals surface area contributed by atoms with Crippen LogP contribution in [0, 0.1) is 0 Å². The lowest BCUT2D eigenvalue weighted by atomic mass is 9.90. The third kappa shape index (κ3) is 3.20. The molecule has 0 spiro atoms. The van der Waals surface area contributed by atoms with Crippen LogP contribution in [0.5, 0.6) is 0 Å². The van der Waals surface area contributed by atoms with Crippen molar-refractivity contribution in [2.24, 2.45) is 0 Å². The Bertz CT molecular complexity index is 1290. The first-order valence-electron chi connectivity index (χ1n) is 9.46. The fraction of sp³-hybridized carbons (Fsp3) is 0.182. The molecule has 2 heterocycles. The summed E-state index contributed by atoms with van der Waals surface area (Å²) in [6, 6.07) is 12.8. The van der Waals surface area contributed by atoms with Gasteiger partial charge in [-0.1, -0.05) is 23.3 Å². The van der Waals surface area contributed by atoms with Crippen LogP contribution in [0.2, 0.25) is 0 Å². The molecule has 1 N–H and O–H groups in total. The fourth-order valence-electron chi connectivity index (χ4n) is 3.66. The lowest BCUT2D eigenvalue weighted by molar-refractivity contribution is 0.102. The van der Waals surface area contributed by atoms with Gasteiger partial charge in [-0.15, -0.1) is 5.10 Å². The highest BCUT2D eigenvalue weighted by Gasteiger charge is 2.18. The Labute approximate surface area is 165 Å². The molecule has 0 atom stereocenters. The number of fused-ring (bicyclic) bond motifs is 2. The molecule has 0 saturated carbocycles. The molecule has 5 rings (SSSR count). The second-order valence-corrected chi connectivity index (χ2v) is 7.03. The summed E-state index contributed by atoms with van der Waals surface area (Å²) in [5, 5.41) is 10.7.